The van der Waals surface area contributed by atoms with Gasteiger partial charge in [0, 0.05) is 6.04 Å². The van der Waals surface area contributed by atoms with Crippen LogP contribution in [0.5, 0.6) is 0 Å². The van der Waals surface area contributed by atoms with Gasteiger partial charge < -0.3 is 5.32 Å². The molecule has 1 fully saturated rings. The maximum absolute atomic E-state index is 13.5. The van der Waals surface area contributed by atoms with Crippen LogP contribution in [0.15, 0.2) is 18.2 Å². The molecule has 1 unspecified atom stereocenters. The maximum atomic E-state index is 13.5. The Labute approximate surface area is 109 Å². The molecule has 98 valence electrons. The zero-order valence-corrected chi connectivity index (χ0v) is 10.5. The normalized spacial score (nSPS) is 17.7. The Kier molecular flexibility index (Phi) is 4.17. The SMILES string of the molecule is O=C(NC1CCCC1)C(Cl)c1c(F)cccc1F. The first-order valence-corrected chi connectivity index (χ1v) is 6.41. The van der Waals surface area contributed by atoms with Crippen LogP contribution < -0.4 is 5.32 Å². The molecule has 1 N–H and O–H groups in total. The van der Waals surface area contributed by atoms with E-state index in [0.29, 0.717) is 0 Å². The zero-order valence-electron chi connectivity index (χ0n) is 9.76. The molecule has 2 rings (SSSR count). The molecule has 2 nitrogen and oxygen atoms in total. The number of halogens is 3. The molecule has 0 bridgehead atoms. The lowest BCUT2D eigenvalue weighted by Gasteiger charge is -2.16. The number of alkyl halides is 1. The van der Waals surface area contributed by atoms with Crippen LogP contribution in [-0.2, 0) is 4.79 Å². The molecule has 0 spiro atoms. The number of hydrogen-bond donors (Lipinski definition) is 1. The van der Waals surface area contributed by atoms with Crippen molar-refractivity contribution >= 4 is 17.5 Å². The molecule has 0 saturated heterocycles. The monoisotopic (exact) mass is 273 g/mol. The molecular weight excluding hydrogens is 260 g/mol. The Morgan fingerprint density at radius 3 is 2.39 bits per heavy atom. The van der Waals surface area contributed by atoms with Crippen molar-refractivity contribution in [3.63, 3.8) is 0 Å². The van der Waals surface area contributed by atoms with E-state index in [1.807, 2.05) is 0 Å². The third kappa shape index (κ3) is 2.80. The highest BCUT2D eigenvalue weighted by molar-refractivity contribution is 6.30. The standard InChI is InChI=1S/C13H14ClF2NO/c14-12(11-9(15)6-3-7-10(11)16)13(18)17-8-4-1-2-5-8/h3,6-8,12H,1-2,4-5H2,(H,17,18). The third-order valence-corrected chi connectivity index (χ3v) is 3.60. The average molecular weight is 274 g/mol. The van der Waals surface area contributed by atoms with Gasteiger partial charge in [-0.15, -0.1) is 11.6 Å². The van der Waals surface area contributed by atoms with Gasteiger partial charge in [0.15, 0.2) is 0 Å². The molecule has 0 aromatic heterocycles. The molecule has 0 aliphatic heterocycles. The molecule has 0 heterocycles. The van der Waals surface area contributed by atoms with Crippen LogP contribution in [-0.4, -0.2) is 11.9 Å². The van der Waals surface area contributed by atoms with Gasteiger partial charge in [-0.1, -0.05) is 18.9 Å². The van der Waals surface area contributed by atoms with Crippen LogP contribution in [0.3, 0.4) is 0 Å². The average Bonchev–Trinajstić information content (AvgIpc) is 2.81. The highest BCUT2D eigenvalue weighted by Crippen LogP contribution is 2.27. The molecule has 5 heteroatoms. The van der Waals surface area contributed by atoms with Crippen LogP contribution in [0.1, 0.15) is 36.6 Å². The van der Waals surface area contributed by atoms with E-state index in [2.05, 4.69) is 5.32 Å². The van der Waals surface area contributed by atoms with Crippen molar-refractivity contribution in [1.29, 1.82) is 0 Å². The van der Waals surface area contributed by atoms with Gasteiger partial charge in [0.1, 0.15) is 17.0 Å². The molecule has 1 saturated carbocycles. The van der Waals surface area contributed by atoms with Crippen LogP contribution in [0.25, 0.3) is 0 Å². The summed E-state index contributed by atoms with van der Waals surface area (Å²) in [6.45, 7) is 0. The van der Waals surface area contributed by atoms with E-state index in [0.717, 1.165) is 37.8 Å². The van der Waals surface area contributed by atoms with Gasteiger partial charge in [0.2, 0.25) is 5.91 Å². The number of carbonyl (C=O) groups is 1. The largest absolute Gasteiger partial charge is 0.352 e. The third-order valence-electron chi connectivity index (χ3n) is 3.18. The minimum absolute atomic E-state index is 0.0774. The lowest BCUT2D eigenvalue weighted by molar-refractivity contribution is -0.121. The van der Waals surface area contributed by atoms with Gasteiger partial charge in [0.05, 0.1) is 5.56 Å². The lowest BCUT2D eigenvalue weighted by Crippen LogP contribution is -2.35. The second kappa shape index (κ2) is 5.65. The van der Waals surface area contributed by atoms with Crippen LogP contribution in [0.4, 0.5) is 8.78 Å². The molecule has 1 aromatic rings. The van der Waals surface area contributed by atoms with Crippen molar-refractivity contribution in [3.8, 4) is 0 Å². The van der Waals surface area contributed by atoms with Crippen molar-refractivity contribution in [2.24, 2.45) is 0 Å². The first-order valence-electron chi connectivity index (χ1n) is 5.98. The van der Waals surface area contributed by atoms with E-state index < -0.39 is 22.9 Å². The van der Waals surface area contributed by atoms with Crippen molar-refractivity contribution in [2.75, 3.05) is 0 Å². The van der Waals surface area contributed by atoms with Crippen LogP contribution >= 0.6 is 11.6 Å². The van der Waals surface area contributed by atoms with Crippen molar-refractivity contribution < 1.29 is 13.6 Å². The Hall–Kier alpha value is -1.16. The van der Waals surface area contributed by atoms with E-state index in [1.54, 1.807) is 0 Å². The number of amides is 1. The summed E-state index contributed by atoms with van der Waals surface area (Å²) in [6.07, 6.45) is 3.92. The van der Waals surface area contributed by atoms with Crippen LogP contribution in [0, 0.1) is 11.6 Å². The predicted octanol–water partition coefficient (Wildman–Crippen LogP) is 3.30. The Bertz CT molecular complexity index is 426. The summed E-state index contributed by atoms with van der Waals surface area (Å²) in [5, 5.41) is 1.40. The minimum atomic E-state index is -1.33. The van der Waals surface area contributed by atoms with Gasteiger partial charge in [-0.2, -0.15) is 0 Å². The first-order chi connectivity index (χ1) is 8.59. The van der Waals surface area contributed by atoms with Gasteiger partial charge in [-0.25, -0.2) is 8.78 Å². The zero-order chi connectivity index (χ0) is 13.1. The highest BCUT2D eigenvalue weighted by atomic mass is 35.5. The molecule has 1 aliphatic carbocycles. The molecule has 1 aromatic carbocycles. The first kappa shape index (κ1) is 13.3. The minimum Gasteiger partial charge on any atom is -0.352 e. The fraction of sp³-hybridized carbons (Fsp3) is 0.462. The smallest absolute Gasteiger partial charge is 0.243 e. The van der Waals surface area contributed by atoms with E-state index in [1.165, 1.54) is 6.07 Å². The molecule has 1 atom stereocenters. The summed E-state index contributed by atoms with van der Waals surface area (Å²) in [6, 6.07) is 3.51. The second-order valence-corrected chi connectivity index (χ2v) is 4.92. The number of rotatable bonds is 3. The van der Waals surface area contributed by atoms with Gasteiger partial charge in [-0.05, 0) is 25.0 Å². The Morgan fingerprint density at radius 2 is 1.83 bits per heavy atom. The molecule has 18 heavy (non-hydrogen) atoms. The van der Waals surface area contributed by atoms with E-state index in [4.69, 9.17) is 11.6 Å². The summed E-state index contributed by atoms with van der Waals surface area (Å²) < 4.78 is 26.9. The Morgan fingerprint density at radius 1 is 1.28 bits per heavy atom. The quantitative estimate of drug-likeness (QED) is 0.841. The fourth-order valence-electron chi connectivity index (χ4n) is 2.23. The second-order valence-electron chi connectivity index (χ2n) is 4.49. The van der Waals surface area contributed by atoms with Gasteiger partial charge >= 0.3 is 0 Å². The van der Waals surface area contributed by atoms with Crippen molar-refractivity contribution in [2.45, 2.75) is 37.1 Å². The van der Waals surface area contributed by atoms with Gasteiger partial charge in [0.25, 0.3) is 0 Å². The maximum Gasteiger partial charge on any atom is 0.243 e. The summed E-state index contributed by atoms with van der Waals surface area (Å²) in [4.78, 5) is 11.8. The summed E-state index contributed by atoms with van der Waals surface area (Å²) in [7, 11) is 0. The van der Waals surface area contributed by atoms with E-state index in [-0.39, 0.29) is 11.6 Å². The van der Waals surface area contributed by atoms with Crippen LogP contribution in [0.2, 0.25) is 0 Å². The number of benzene rings is 1. The Balaban J connectivity index is 2.10. The molecule has 1 amide bonds. The lowest BCUT2D eigenvalue weighted by atomic mass is 10.1. The summed E-state index contributed by atoms with van der Waals surface area (Å²) in [5.41, 5.74) is -0.380. The summed E-state index contributed by atoms with van der Waals surface area (Å²) >= 11 is 5.85. The molecule has 0 radical (unpaired) electrons. The number of nitrogens with one attached hydrogen (secondary N) is 1. The van der Waals surface area contributed by atoms with Gasteiger partial charge in [-0.3, -0.25) is 4.79 Å². The van der Waals surface area contributed by atoms with E-state index in [9.17, 15) is 13.6 Å². The molecule has 1 aliphatic rings. The number of carbonyl (C=O) groups excluding carboxylic acids is 1. The summed E-state index contributed by atoms with van der Waals surface area (Å²) in [5.74, 6) is -2.12. The van der Waals surface area contributed by atoms with Crippen molar-refractivity contribution in [3.05, 3.63) is 35.4 Å². The fourth-order valence-corrected chi connectivity index (χ4v) is 2.50. The van der Waals surface area contributed by atoms with Crippen molar-refractivity contribution in [1.82, 2.24) is 5.32 Å². The topological polar surface area (TPSA) is 29.1 Å². The van der Waals surface area contributed by atoms with E-state index >= 15 is 0 Å². The number of hydrogen-bond acceptors (Lipinski definition) is 1. The molecular formula is C13H14ClF2NO. The predicted molar refractivity (Wildman–Crippen MR) is 65.4 cm³/mol. The highest BCUT2D eigenvalue weighted by Gasteiger charge is 2.27.